The van der Waals surface area contributed by atoms with Crippen molar-refractivity contribution in [3.63, 3.8) is 0 Å². The van der Waals surface area contributed by atoms with E-state index in [2.05, 4.69) is 20.9 Å². The standard InChI is InChI=1S/C14H19BrN2O2/c1-9-5-6-12(13(15)16-9)14(19)17-7-3-4-11(8-17)10(2)18/h5-6,10-11,18H,3-4,7-8H2,1-2H3. The van der Waals surface area contributed by atoms with E-state index >= 15 is 0 Å². The Labute approximate surface area is 122 Å². The van der Waals surface area contributed by atoms with Crippen molar-refractivity contribution >= 4 is 21.8 Å². The van der Waals surface area contributed by atoms with Crippen molar-refractivity contribution < 1.29 is 9.90 Å². The minimum Gasteiger partial charge on any atom is -0.393 e. The first-order chi connectivity index (χ1) is 8.99. The monoisotopic (exact) mass is 326 g/mol. The number of aromatic nitrogens is 1. The molecule has 1 aliphatic heterocycles. The van der Waals surface area contributed by atoms with Gasteiger partial charge in [-0.15, -0.1) is 0 Å². The van der Waals surface area contributed by atoms with Gasteiger partial charge in [0.25, 0.3) is 5.91 Å². The lowest BCUT2D eigenvalue weighted by atomic mass is 9.93. The van der Waals surface area contributed by atoms with E-state index in [0.29, 0.717) is 16.7 Å². The van der Waals surface area contributed by atoms with Crippen LogP contribution in [0.15, 0.2) is 16.7 Å². The number of hydrogen-bond acceptors (Lipinski definition) is 3. The molecule has 1 aromatic rings. The van der Waals surface area contributed by atoms with E-state index in [1.807, 2.05) is 17.9 Å². The molecule has 1 amide bonds. The normalized spacial score (nSPS) is 21.3. The van der Waals surface area contributed by atoms with Gasteiger partial charge in [0.1, 0.15) is 4.60 Å². The summed E-state index contributed by atoms with van der Waals surface area (Å²) in [6, 6.07) is 3.65. The second-order valence-corrected chi connectivity index (χ2v) is 5.94. The third kappa shape index (κ3) is 3.34. The Morgan fingerprint density at radius 3 is 2.95 bits per heavy atom. The number of hydrogen-bond donors (Lipinski definition) is 1. The van der Waals surface area contributed by atoms with Crippen LogP contribution < -0.4 is 0 Å². The molecule has 2 heterocycles. The first kappa shape index (κ1) is 14.5. The molecule has 19 heavy (non-hydrogen) atoms. The highest BCUT2D eigenvalue weighted by molar-refractivity contribution is 9.10. The summed E-state index contributed by atoms with van der Waals surface area (Å²) in [5.41, 5.74) is 1.47. The molecule has 5 heteroatoms. The predicted molar refractivity (Wildman–Crippen MR) is 77.0 cm³/mol. The molecule has 1 N–H and O–H groups in total. The number of likely N-dealkylation sites (tertiary alicyclic amines) is 1. The first-order valence-corrected chi connectivity index (χ1v) is 7.39. The van der Waals surface area contributed by atoms with Crippen LogP contribution in [0.3, 0.4) is 0 Å². The summed E-state index contributed by atoms with van der Waals surface area (Å²) in [5.74, 6) is 0.166. The van der Waals surface area contributed by atoms with Crippen LogP contribution in [0.2, 0.25) is 0 Å². The van der Waals surface area contributed by atoms with Gasteiger partial charge in [-0.1, -0.05) is 0 Å². The maximum Gasteiger partial charge on any atom is 0.256 e. The smallest absolute Gasteiger partial charge is 0.256 e. The van der Waals surface area contributed by atoms with Crippen LogP contribution >= 0.6 is 15.9 Å². The third-order valence-corrected chi connectivity index (χ3v) is 4.25. The molecule has 0 spiro atoms. The zero-order valence-electron chi connectivity index (χ0n) is 11.3. The second-order valence-electron chi connectivity index (χ2n) is 5.19. The highest BCUT2D eigenvalue weighted by atomic mass is 79.9. The quantitative estimate of drug-likeness (QED) is 0.849. The van der Waals surface area contributed by atoms with Gasteiger partial charge in [-0.25, -0.2) is 4.98 Å². The molecule has 0 radical (unpaired) electrons. The van der Waals surface area contributed by atoms with E-state index in [9.17, 15) is 9.90 Å². The van der Waals surface area contributed by atoms with Crippen LogP contribution in [-0.4, -0.2) is 40.1 Å². The number of nitrogens with zero attached hydrogens (tertiary/aromatic N) is 2. The van der Waals surface area contributed by atoms with Crippen LogP contribution in [0, 0.1) is 12.8 Å². The molecule has 1 aliphatic rings. The fourth-order valence-corrected chi connectivity index (χ4v) is 3.02. The van der Waals surface area contributed by atoms with E-state index in [1.54, 1.807) is 13.0 Å². The second kappa shape index (κ2) is 6.01. The summed E-state index contributed by atoms with van der Waals surface area (Å²) in [5, 5.41) is 9.68. The van der Waals surface area contributed by atoms with E-state index in [-0.39, 0.29) is 17.9 Å². The third-order valence-electron chi connectivity index (χ3n) is 3.65. The highest BCUT2D eigenvalue weighted by Gasteiger charge is 2.28. The summed E-state index contributed by atoms with van der Waals surface area (Å²) in [6.45, 7) is 5.06. The molecule has 0 aliphatic carbocycles. The maximum atomic E-state index is 12.5. The lowest BCUT2D eigenvalue weighted by molar-refractivity contribution is 0.0465. The molecular weight excluding hydrogens is 308 g/mol. The Kier molecular flexibility index (Phi) is 4.58. The van der Waals surface area contributed by atoms with Gasteiger partial charge in [-0.3, -0.25) is 4.79 Å². The number of piperidine rings is 1. The van der Waals surface area contributed by atoms with E-state index < -0.39 is 0 Å². The molecule has 104 valence electrons. The van der Waals surface area contributed by atoms with Crippen LogP contribution in [0.5, 0.6) is 0 Å². The molecule has 0 bridgehead atoms. The summed E-state index contributed by atoms with van der Waals surface area (Å²) in [4.78, 5) is 18.6. The Balaban J connectivity index is 2.15. The predicted octanol–water partition coefficient (Wildman–Crippen LogP) is 2.39. The van der Waals surface area contributed by atoms with E-state index in [1.165, 1.54) is 0 Å². The Bertz CT molecular complexity index is 477. The lowest BCUT2D eigenvalue weighted by Crippen LogP contribution is -2.43. The molecule has 2 rings (SSSR count). The van der Waals surface area contributed by atoms with Gasteiger partial charge in [-0.05, 0) is 54.8 Å². The van der Waals surface area contributed by atoms with Gasteiger partial charge < -0.3 is 10.0 Å². The molecule has 2 unspecified atom stereocenters. The van der Waals surface area contributed by atoms with Crippen molar-refractivity contribution in [2.45, 2.75) is 32.8 Å². The topological polar surface area (TPSA) is 53.4 Å². The number of amides is 1. The summed E-state index contributed by atoms with van der Waals surface area (Å²) < 4.78 is 0.594. The number of carbonyl (C=O) groups is 1. The largest absolute Gasteiger partial charge is 0.393 e. The highest BCUT2D eigenvalue weighted by Crippen LogP contribution is 2.23. The van der Waals surface area contributed by atoms with Gasteiger partial charge in [0, 0.05) is 24.7 Å². The van der Waals surface area contributed by atoms with Gasteiger partial charge >= 0.3 is 0 Å². The van der Waals surface area contributed by atoms with Gasteiger partial charge in [0.2, 0.25) is 0 Å². The number of pyridine rings is 1. The van der Waals surface area contributed by atoms with Gasteiger partial charge in [0.05, 0.1) is 11.7 Å². The molecule has 0 aromatic carbocycles. The van der Waals surface area contributed by atoms with E-state index in [4.69, 9.17) is 0 Å². The number of aliphatic hydroxyl groups excluding tert-OH is 1. The van der Waals surface area contributed by atoms with Gasteiger partial charge in [-0.2, -0.15) is 0 Å². The maximum absolute atomic E-state index is 12.5. The molecule has 0 saturated carbocycles. The fourth-order valence-electron chi connectivity index (χ4n) is 2.44. The SMILES string of the molecule is Cc1ccc(C(=O)N2CCCC(C(C)O)C2)c(Br)n1. The van der Waals surface area contributed by atoms with Crippen molar-refractivity contribution in [3.8, 4) is 0 Å². The lowest BCUT2D eigenvalue weighted by Gasteiger charge is -2.34. The average molecular weight is 327 g/mol. The zero-order chi connectivity index (χ0) is 14.0. The Morgan fingerprint density at radius 1 is 1.58 bits per heavy atom. The molecule has 2 atom stereocenters. The Hall–Kier alpha value is -0.940. The van der Waals surface area contributed by atoms with Crippen molar-refractivity contribution in [2.24, 2.45) is 5.92 Å². The Morgan fingerprint density at radius 2 is 2.32 bits per heavy atom. The summed E-state index contributed by atoms with van der Waals surface area (Å²) in [7, 11) is 0. The number of halogens is 1. The molecule has 1 aromatic heterocycles. The number of rotatable bonds is 2. The van der Waals surface area contributed by atoms with Crippen molar-refractivity contribution in [1.29, 1.82) is 0 Å². The number of aliphatic hydroxyl groups is 1. The molecular formula is C14H19BrN2O2. The van der Waals surface area contributed by atoms with Crippen molar-refractivity contribution in [1.82, 2.24) is 9.88 Å². The zero-order valence-corrected chi connectivity index (χ0v) is 12.9. The summed E-state index contributed by atoms with van der Waals surface area (Å²) >= 11 is 3.35. The fraction of sp³-hybridized carbons (Fsp3) is 0.571. The first-order valence-electron chi connectivity index (χ1n) is 6.59. The summed E-state index contributed by atoms with van der Waals surface area (Å²) in [6.07, 6.45) is 1.56. The minimum atomic E-state index is -0.366. The molecule has 4 nitrogen and oxygen atoms in total. The van der Waals surface area contributed by atoms with Crippen LogP contribution in [0.4, 0.5) is 0 Å². The van der Waals surface area contributed by atoms with Gasteiger partial charge in [0.15, 0.2) is 0 Å². The van der Waals surface area contributed by atoms with E-state index in [0.717, 1.165) is 25.1 Å². The van der Waals surface area contributed by atoms with Crippen LogP contribution in [0.1, 0.15) is 35.8 Å². The minimum absolute atomic E-state index is 0.00951. The van der Waals surface area contributed by atoms with Crippen molar-refractivity contribution in [2.75, 3.05) is 13.1 Å². The van der Waals surface area contributed by atoms with Crippen molar-refractivity contribution in [3.05, 3.63) is 28.0 Å². The molecule has 1 fully saturated rings. The average Bonchev–Trinajstić information content (AvgIpc) is 2.38. The van der Waals surface area contributed by atoms with Crippen LogP contribution in [-0.2, 0) is 0 Å². The molecule has 1 saturated heterocycles. The number of aryl methyl sites for hydroxylation is 1. The number of carbonyl (C=O) groups excluding carboxylic acids is 1. The van der Waals surface area contributed by atoms with Crippen LogP contribution in [0.25, 0.3) is 0 Å².